The second kappa shape index (κ2) is 8.96. The lowest BCUT2D eigenvalue weighted by Gasteiger charge is -2.36. The molecule has 118 valence electrons. The summed E-state index contributed by atoms with van der Waals surface area (Å²) in [6.45, 7) is 4.66. The Bertz CT molecular complexity index is 442. The maximum absolute atomic E-state index is 6.31. The molecular weight excluding hydrogens is 307 g/mol. The van der Waals surface area contributed by atoms with Gasteiger partial charge < -0.3 is 10.1 Å². The molecule has 3 nitrogen and oxygen atoms in total. The van der Waals surface area contributed by atoms with Crippen molar-refractivity contribution in [2.75, 3.05) is 33.4 Å². The molecule has 0 radical (unpaired) electrons. The van der Waals surface area contributed by atoms with Gasteiger partial charge in [0.05, 0.1) is 16.7 Å². The van der Waals surface area contributed by atoms with Crippen LogP contribution in [0.5, 0.6) is 0 Å². The van der Waals surface area contributed by atoms with E-state index >= 15 is 0 Å². The minimum absolute atomic E-state index is 0.561. The van der Waals surface area contributed by atoms with Crippen LogP contribution in [0.1, 0.15) is 24.8 Å². The second-order valence-corrected chi connectivity index (χ2v) is 6.32. The van der Waals surface area contributed by atoms with E-state index in [-0.39, 0.29) is 0 Å². The number of likely N-dealkylation sites (tertiary alicyclic amines) is 1. The van der Waals surface area contributed by atoms with Crippen LogP contribution in [-0.4, -0.2) is 44.3 Å². The van der Waals surface area contributed by atoms with Crippen molar-refractivity contribution in [1.82, 2.24) is 10.2 Å². The average Bonchev–Trinajstić information content (AvgIpc) is 2.50. The van der Waals surface area contributed by atoms with Crippen LogP contribution in [0.25, 0.3) is 0 Å². The van der Waals surface area contributed by atoms with Crippen molar-refractivity contribution in [3.63, 3.8) is 0 Å². The van der Waals surface area contributed by atoms with Crippen molar-refractivity contribution in [2.24, 2.45) is 0 Å². The van der Waals surface area contributed by atoms with Crippen LogP contribution in [0, 0.1) is 0 Å². The SMILES string of the molecule is COCCNCC1CCCCN1Cc1cccc(Cl)c1Cl. The average molecular weight is 331 g/mol. The highest BCUT2D eigenvalue weighted by Crippen LogP contribution is 2.28. The van der Waals surface area contributed by atoms with Gasteiger partial charge in [-0.2, -0.15) is 0 Å². The van der Waals surface area contributed by atoms with E-state index in [2.05, 4.69) is 16.3 Å². The molecule has 1 aliphatic heterocycles. The summed E-state index contributed by atoms with van der Waals surface area (Å²) in [4.78, 5) is 2.51. The summed E-state index contributed by atoms with van der Waals surface area (Å²) in [7, 11) is 1.73. The molecule has 1 heterocycles. The number of nitrogens with zero attached hydrogens (tertiary/aromatic N) is 1. The molecule has 1 saturated heterocycles. The molecular formula is C16H24Cl2N2O. The smallest absolute Gasteiger partial charge is 0.0637 e. The summed E-state index contributed by atoms with van der Waals surface area (Å²) < 4.78 is 5.07. The lowest BCUT2D eigenvalue weighted by atomic mass is 10.0. The van der Waals surface area contributed by atoms with Gasteiger partial charge in [-0.25, -0.2) is 0 Å². The number of hydrogen-bond donors (Lipinski definition) is 1. The molecule has 0 amide bonds. The molecule has 2 rings (SSSR count). The quantitative estimate of drug-likeness (QED) is 0.773. The molecule has 1 unspecified atom stereocenters. The Hall–Kier alpha value is -0.320. The van der Waals surface area contributed by atoms with E-state index < -0.39 is 0 Å². The number of rotatable bonds is 7. The number of halogens is 2. The summed E-state index contributed by atoms with van der Waals surface area (Å²) in [5.41, 5.74) is 1.12. The van der Waals surface area contributed by atoms with E-state index in [0.29, 0.717) is 16.1 Å². The molecule has 0 saturated carbocycles. The second-order valence-electron chi connectivity index (χ2n) is 5.53. The first-order chi connectivity index (χ1) is 10.2. The number of methoxy groups -OCH3 is 1. The molecule has 0 aromatic heterocycles. The fourth-order valence-corrected chi connectivity index (χ4v) is 3.21. The van der Waals surface area contributed by atoms with Gasteiger partial charge in [-0.15, -0.1) is 0 Å². The van der Waals surface area contributed by atoms with Crippen molar-refractivity contribution in [1.29, 1.82) is 0 Å². The van der Waals surface area contributed by atoms with Crippen LogP contribution < -0.4 is 5.32 Å². The molecule has 1 aromatic rings. The Morgan fingerprint density at radius 2 is 2.19 bits per heavy atom. The number of ether oxygens (including phenoxy) is 1. The van der Waals surface area contributed by atoms with E-state index in [1.165, 1.54) is 19.3 Å². The lowest BCUT2D eigenvalue weighted by Crippen LogP contribution is -2.45. The summed E-state index contributed by atoms with van der Waals surface area (Å²) in [6.07, 6.45) is 3.79. The minimum Gasteiger partial charge on any atom is -0.383 e. The maximum atomic E-state index is 6.31. The van der Waals surface area contributed by atoms with Gasteiger partial charge in [-0.1, -0.05) is 41.8 Å². The number of benzene rings is 1. The van der Waals surface area contributed by atoms with Crippen LogP contribution in [-0.2, 0) is 11.3 Å². The molecule has 1 N–H and O–H groups in total. The third-order valence-corrected chi connectivity index (χ3v) is 4.88. The number of hydrogen-bond acceptors (Lipinski definition) is 3. The summed E-state index contributed by atoms with van der Waals surface area (Å²) in [5, 5.41) is 4.80. The highest BCUT2D eigenvalue weighted by Gasteiger charge is 2.22. The fraction of sp³-hybridized carbons (Fsp3) is 0.625. The molecule has 21 heavy (non-hydrogen) atoms. The summed E-state index contributed by atoms with van der Waals surface area (Å²) in [6, 6.07) is 6.44. The van der Waals surface area contributed by atoms with Crippen LogP contribution in [0.2, 0.25) is 10.0 Å². The van der Waals surface area contributed by atoms with Crippen LogP contribution in [0.15, 0.2) is 18.2 Å². The maximum Gasteiger partial charge on any atom is 0.0637 e. The standard InChI is InChI=1S/C16H24Cl2N2O/c1-21-10-8-19-11-14-6-2-3-9-20(14)12-13-5-4-7-15(17)16(13)18/h4-5,7,14,19H,2-3,6,8-12H2,1H3. The zero-order valence-electron chi connectivity index (χ0n) is 12.6. The van der Waals surface area contributed by atoms with Crippen molar-refractivity contribution in [2.45, 2.75) is 31.8 Å². The molecule has 1 fully saturated rings. The molecule has 0 spiro atoms. The van der Waals surface area contributed by atoms with Crippen LogP contribution in [0.4, 0.5) is 0 Å². The van der Waals surface area contributed by atoms with Crippen molar-refractivity contribution < 1.29 is 4.74 Å². The first kappa shape index (κ1) is 17.0. The van der Waals surface area contributed by atoms with Gasteiger partial charge in [-0.3, -0.25) is 4.90 Å². The molecule has 1 atom stereocenters. The highest BCUT2D eigenvalue weighted by molar-refractivity contribution is 6.42. The molecule has 1 aromatic carbocycles. The van der Waals surface area contributed by atoms with Gasteiger partial charge in [0, 0.05) is 32.8 Å². The number of nitrogens with one attached hydrogen (secondary N) is 1. The first-order valence-corrected chi connectivity index (χ1v) is 8.34. The monoisotopic (exact) mass is 330 g/mol. The largest absolute Gasteiger partial charge is 0.383 e. The Balaban J connectivity index is 1.93. The van der Waals surface area contributed by atoms with Gasteiger partial charge in [-0.05, 0) is 31.0 Å². The van der Waals surface area contributed by atoms with E-state index in [1.807, 2.05) is 12.1 Å². The van der Waals surface area contributed by atoms with Crippen LogP contribution in [0.3, 0.4) is 0 Å². The Kier molecular flexibility index (Phi) is 7.27. The van der Waals surface area contributed by atoms with Crippen molar-refractivity contribution in [3.8, 4) is 0 Å². The zero-order chi connectivity index (χ0) is 15.1. The predicted octanol–water partition coefficient (Wildman–Crippen LogP) is 3.58. The van der Waals surface area contributed by atoms with Gasteiger partial charge in [0.1, 0.15) is 0 Å². The number of piperidine rings is 1. The fourth-order valence-electron chi connectivity index (χ4n) is 2.83. The van der Waals surface area contributed by atoms with E-state index in [9.17, 15) is 0 Å². The van der Waals surface area contributed by atoms with Gasteiger partial charge in [0.25, 0.3) is 0 Å². The van der Waals surface area contributed by atoms with Crippen LogP contribution >= 0.6 is 23.2 Å². The van der Waals surface area contributed by atoms with Gasteiger partial charge >= 0.3 is 0 Å². The normalized spacial score (nSPS) is 19.9. The zero-order valence-corrected chi connectivity index (χ0v) is 14.1. The summed E-state index contributed by atoms with van der Waals surface area (Å²) >= 11 is 12.4. The minimum atomic E-state index is 0.561. The van der Waals surface area contributed by atoms with Gasteiger partial charge in [0.15, 0.2) is 0 Å². The third-order valence-electron chi connectivity index (χ3n) is 4.02. The molecule has 1 aliphatic rings. The Morgan fingerprint density at radius 3 is 3.00 bits per heavy atom. The summed E-state index contributed by atoms with van der Waals surface area (Å²) in [5.74, 6) is 0. The molecule has 5 heteroatoms. The topological polar surface area (TPSA) is 24.5 Å². The third kappa shape index (κ3) is 5.11. The molecule has 0 bridgehead atoms. The first-order valence-electron chi connectivity index (χ1n) is 7.59. The highest BCUT2D eigenvalue weighted by atomic mass is 35.5. The van der Waals surface area contributed by atoms with Crippen molar-refractivity contribution in [3.05, 3.63) is 33.8 Å². The lowest BCUT2D eigenvalue weighted by molar-refractivity contribution is 0.133. The van der Waals surface area contributed by atoms with E-state index in [0.717, 1.165) is 38.3 Å². The van der Waals surface area contributed by atoms with E-state index in [4.69, 9.17) is 27.9 Å². The van der Waals surface area contributed by atoms with Crippen molar-refractivity contribution >= 4 is 23.2 Å². The van der Waals surface area contributed by atoms with E-state index in [1.54, 1.807) is 7.11 Å². The molecule has 0 aliphatic carbocycles. The predicted molar refractivity (Wildman–Crippen MR) is 89.3 cm³/mol. The Morgan fingerprint density at radius 1 is 1.33 bits per heavy atom. The Labute approximate surface area is 137 Å². The van der Waals surface area contributed by atoms with Gasteiger partial charge in [0.2, 0.25) is 0 Å².